The first-order chi connectivity index (χ1) is 21.4. The average Bonchev–Trinajstić information content (AvgIpc) is 3.45. The van der Waals surface area contributed by atoms with Gasteiger partial charge in [0.15, 0.2) is 0 Å². The van der Waals surface area contributed by atoms with Gasteiger partial charge in [-0.15, -0.1) is 0 Å². The van der Waals surface area contributed by atoms with E-state index >= 15 is 0 Å². The second-order valence-corrected chi connectivity index (χ2v) is 10.3. The minimum atomic E-state index is -0.653. The third-order valence-corrected chi connectivity index (χ3v) is 7.27. The van der Waals surface area contributed by atoms with Crippen LogP contribution in [0.25, 0.3) is 11.3 Å². The van der Waals surface area contributed by atoms with Crippen LogP contribution < -0.4 is 10.6 Å². The number of aromatic nitrogens is 3. The second-order valence-electron chi connectivity index (χ2n) is 10.3. The van der Waals surface area contributed by atoms with E-state index in [9.17, 15) is 14.4 Å². The van der Waals surface area contributed by atoms with Gasteiger partial charge in [0, 0.05) is 41.1 Å². The molecule has 1 fully saturated rings. The third-order valence-electron chi connectivity index (χ3n) is 7.27. The number of benzene rings is 3. The summed E-state index contributed by atoms with van der Waals surface area (Å²) in [5.74, 6) is -0.247. The first kappa shape index (κ1) is 28.2. The fraction of sp³-hybridized carbons (Fsp3) is 0.118. The van der Waals surface area contributed by atoms with Crippen molar-refractivity contribution in [1.29, 1.82) is 0 Å². The highest BCUT2D eigenvalue weighted by molar-refractivity contribution is 6.04. The third kappa shape index (κ3) is 6.29. The molecule has 3 aromatic carbocycles. The van der Waals surface area contributed by atoms with Crippen LogP contribution in [0.5, 0.6) is 0 Å². The molecule has 6 rings (SSSR count). The normalized spacial score (nSPS) is 14.2. The van der Waals surface area contributed by atoms with Gasteiger partial charge in [-0.1, -0.05) is 48.5 Å². The number of ether oxygens (including phenoxy) is 1. The summed E-state index contributed by atoms with van der Waals surface area (Å²) in [6.07, 6.45) is 4.45. The Morgan fingerprint density at radius 1 is 0.932 bits per heavy atom. The maximum atomic E-state index is 13.1. The molecule has 10 nitrogen and oxygen atoms in total. The zero-order chi connectivity index (χ0) is 30.5. The van der Waals surface area contributed by atoms with Crippen molar-refractivity contribution in [2.24, 2.45) is 0 Å². The number of nitrogens with zero attached hydrogens (tertiary/aromatic N) is 4. The van der Waals surface area contributed by atoms with Crippen molar-refractivity contribution >= 4 is 35.2 Å². The zero-order valence-electron chi connectivity index (χ0n) is 23.8. The molecule has 0 bridgehead atoms. The summed E-state index contributed by atoms with van der Waals surface area (Å²) in [4.78, 5) is 52.6. The quantitative estimate of drug-likeness (QED) is 0.224. The van der Waals surface area contributed by atoms with Gasteiger partial charge < -0.3 is 15.4 Å². The molecule has 0 radical (unpaired) electrons. The standard InChI is InChI=1S/C34H28N6O4/c1-22-7-12-27(20-29(22)39-33-36-18-15-28(38-33)24-13-16-35-17-14-24)37-32(42)26-10-8-23(9-11-26)19-31(41)40-30(21-44-34(40)43)25-5-3-2-4-6-25/h2-18,20,30H,19,21H2,1H3,(H,37,42)(H,36,38,39). The fourth-order valence-corrected chi connectivity index (χ4v) is 4.91. The molecule has 44 heavy (non-hydrogen) atoms. The largest absolute Gasteiger partial charge is 0.446 e. The van der Waals surface area contributed by atoms with Gasteiger partial charge in [-0.05, 0) is 66.1 Å². The summed E-state index contributed by atoms with van der Waals surface area (Å²) in [6.45, 7) is 2.07. The highest BCUT2D eigenvalue weighted by atomic mass is 16.6. The molecular weight excluding hydrogens is 556 g/mol. The molecule has 2 N–H and O–H groups in total. The molecule has 0 saturated carbocycles. The Morgan fingerprint density at radius 2 is 1.70 bits per heavy atom. The number of pyridine rings is 1. The molecule has 218 valence electrons. The molecule has 2 aromatic heterocycles. The Hall–Kier alpha value is -5.90. The lowest BCUT2D eigenvalue weighted by Crippen LogP contribution is -2.35. The van der Waals surface area contributed by atoms with Crippen molar-refractivity contribution in [3.63, 3.8) is 0 Å². The van der Waals surface area contributed by atoms with E-state index in [1.54, 1.807) is 42.9 Å². The van der Waals surface area contributed by atoms with E-state index in [0.717, 1.165) is 28.1 Å². The number of imide groups is 1. The highest BCUT2D eigenvalue weighted by Crippen LogP contribution is 2.29. The molecule has 1 unspecified atom stereocenters. The monoisotopic (exact) mass is 584 g/mol. The Labute approximate surface area is 253 Å². The molecular formula is C34H28N6O4. The molecule has 1 aliphatic rings. The van der Waals surface area contributed by atoms with E-state index in [0.29, 0.717) is 22.8 Å². The van der Waals surface area contributed by atoms with E-state index in [-0.39, 0.29) is 24.8 Å². The van der Waals surface area contributed by atoms with Crippen molar-refractivity contribution in [1.82, 2.24) is 19.9 Å². The summed E-state index contributed by atoms with van der Waals surface area (Å²) in [5, 5.41) is 6.16. The second kappa shape index (κ2) is 12.5. The number of hydrogen-bond donors (Lipinski definition) is 2. The molecule has 10 heteroatoms. The van der Waals surface area contributed by atoms with Crippen LogP contribution in [0.2, 0.25) is 0 Å². The number of amides is 3. The molecule has 3 heterocycles. The number of carbonyl (C=O) groups excluding carboxylic acids is 3. The van der Waals surface area contributed by atoms with Gasteiger partial charge in [-0.2, -0.15) is 0 Å². The maximum Gasteiger partial charge on any atom is 0.417 e. The van der Waals surface area contributed by atoms with Crippen LogP contribution in [0.4, 0.5) is 22.1 Å². The number of aryl methyl sites for hydroxylation is 1. The van der Waals surface area contributed by atoms with Crippen molar-refractivity contribution in [3.8, 4) is 11.3 Å². The molecule has 5 aromatic rings. The predicted octanol–water partition coefficient (Wildman–Crippen LogP) is 6.11. The lowest BCUT2D eigenvalue weighted by Gasteiger charge is -2.20. The maximum absolute atomic E-state index is 13.1. The van der Waals surface area contributed by atoms with Crippen molar-refractivity contribution in [3.05, 3.63) is 132 Å². The van der Waals surface area contributed by atoms with Crippen LogP contribution >= 0.6 is 0 Å². The summed E-state index contributed by atoms with van der Waals surface area (Å²) in [6, 6.07) is 26.7. The fourth-order valence-electron chi connectivity index (χ4n) is 4.91. The molecule has 3 amide bonds. The number of hydrogen-bond acceptors (Lipinski definition) is 8. The van der Waals surface area contributed by atoms with Crippen LogP contribution in [-0.2, 0) is 16.0 Å². The molecule has 1 atom stereocenters. The Bertz CT molecular complexity index is 1810. The highest BCUT2D eigenvalue weighted by Gasteiger charge is 2.38. The first-order valence-corrected chi connectivity index (χ1v) is 14.0. The van der Waals surface area contributed by atoms with Crippen LogP contribution in [-0.4, -0.2) is 44.4 Å². The van der Waals surface area contributed by atoms with Crippen molar-refractivity contribution in [2.75, 3.05) is 17.2 Å². The molecule has 0 spiro atoms. The van der Waals surface area contributed by atoms with Crippen LogP contribution in [0, 0.1) is 6.92 Å². The van der Waals surface area contributed by atoms with Gasteiger partial charge in [-0.25, -0.2) is 19.7 Å². The van der Waals surface area contributed by atoms with Gasteiger partial charge in [0.2, 0.25) is 11.9 Å². The summed E-state index contributed by atoms with van der Waals surface area (Å²) in [7, 11) is 0. The first-order valence-electron chi connectivity index (χ1n) is 14.0. The minimum absolute atomic E-state index is 0.00223. The number of cyclic esters (lactones) is 1. The van der Waals surface area contributed by atoms with E-state index in [1.807, 2.05) is 73.7 Å². The Kier molecular flexibility index (Phi) is 8.04. The average molecular weight is 585 g/mol. The minimum Gasteiger partial charge on any atom is -0.446 e. The van der Waals surface area contributed by atoms with Crippen molar-refractivity contribution in [2.45, 2.75) is 19.4 Å². The molecule has 0 aliphatic carbocycles. The van der Waals surface area contributed by atoms with Gasteiger partial charge in [0.1, 0.15) is 12.6 Å². The van der Waals surface area contributed by atoms with E-state index in [2.05, 4.69) is 25.6 Å². The summed E-state index contributed by atoms with van der Waals surface area (Å²) < 4.78 is 5.17. The van der Waals surface area contributed by atoms with Crippen LogP contribution in [0.1, 0.15) is 33.1 Å². The van der Waals surface area contributed by atoms with E-state index in [1.165, 1.54) is 4.90 Å². The topological polar surface area (TPSA) is 126 Å². The SMILES string of the molecule is Cc1ccc(NC(=O)c2ccc(CC(=O)N3C(=O)OCC3c3ccccc3)cc2)cc1Nc1nccc(-c2ccncc2)n1. The number of rotatable bonds is 8. The number of carbonyl (C=O) groups is 3. The smallest absolute Gasteiger partial charge is 0.417 e. The van der Waals surface area contributed by atoms with Crippen molar-refractivity contribution < 1.29 is 19.1 Å². The lowest BCUT2D eigenvalue weighted by atomic mass is 10.0. The number of nitrogens with one attached hydrogen (secondary N) is 2. The van der Waals surface area contributed by atoms with Gasteiger partial charge in [0.25, 0.3) is 5.91 Å². The number of anilines is 3. The van der Waals surface area contributed by atoms with Gasteiger partial charge in [0.05, 0.1) is 12.1 Å². The lowest BCUT2D eigenvalue weighted by molar-refractivity contribution is -0.128. The van der Waals surface area contributed by atoms with Gasteiger partial charge >= 0.3 is 6.09 Å². The van der Waals surface area contributed by atoms with Gasteiger partial charge in [-0.3, -0.25) is 14.6 Å². The predicted molar refractivity (Wildman–Crippen MR) is 165 cm³/mol. The van der Waals surface area contributed by atoms with E-state index in [4.69, 9.17) is 4.74 Å². The van der Waals surface area contributed by atoms with E-state index < -0.39 is 12.1 Å². The molecule has 1 saturated heterocycles. The Balaban J connectivity index is 1.10. The Morgan fingerprint density at radius 3 is 2.48 bits per heavy atom. The van der Waals surface area contributed by atoms with Crippen LogP contribution in [0.3, 0.4) is 0 Å². The summed E-state index contributed by atoms with van der Waals surface area (Å²) >= 11 is 0. The van der Waals surface area contributed by atoms with Crippen LogP contribution in [0.15, 0.2) is 110 Å². The summed E-state index contributed by atoms with van der Waals surface area (Å²) in [5.41, 5.74) is 5.90. The zero-order valence-corrected chi connectivity index (χ0v) is 23.8. The molecule has 1 aliphatic heterocycles.